The van der Waals surface area contributed by atoms with Crippen LogP contribution in [0.1, 0.15) is 19.4 Å². The van der Waals surface area contributed by atoms with Crippen molar-refractivity contribution in [1.29, 1.82) is 0 Å². The Bertz CT molecular complexity index is 660. The molecule has 0 saturated carbocycles. The van der Waals surface area contributed by atoms with Gasteiger partial charge in [-0.3, -0.25) is 4.79 Å². The van der Waals surface area contributed by atoms with Crippen molar-refractivity contribution in [1.82, 2.24) is 10.2 Å². The summed E-state index contributed by atoms with van der Waals surface area (Å²) in [4.78, 5) is 12.4. The zero-order valence-corrected chi connectivity index (χ0v) is 13.9. The second-order valence-electron chi connectivity index (χ2n) is 5.02. The van der Waals surface area contributed by atoms with Crippen molar-refractivity contribution in [2.24, 2.45) is 5.92 Å². The van der Waals surface area contributed by atoms with Gasteiger partial charge in [-0.1, -0.05) is 49.1 Å². The minimum absolute atomic E-state index is 0.0815. The SMILES string of the molecule is CC(C)[C@@H](Sc1nncs1)C(=O)Nc1ccccc1C(F)(F)F. The Hall–Kier alpha value is -1.61. The summed E-state index contributed by atoms with van der Waals surface area (Å²) in [5.74, 6) is -0.571. The number of para-hydroxylation sites is 1. The lowest BCUT2D eigenvalue weighted by molar-refractivity contribution is -0.137. The van der Waals surface area contributed by atoms with Gasteiger partial charge in [0, 0.05) is 0 Å². The normalized spacial score (nSPS) is 13.1. The van der Waals surface area contributed by atoms with Crippen LogP contribution < -0.4 is 5.32 Å². The van der Waals surface area contributed by atoms with Crippen molar-refractivity contribution in [2.75, 3.05) is 5.32 Å². The van der Waals surface area contributed by atoms with Gasteiger partial charge in [-0.15, -0.1) is 10.2 Å². The smallest absolute Gasteiger partial charge is 0.325 e. The number of halogens is 3. The third-order valence-electron chi connectivity index (χ3n) is 2.92. The standard InChI is InChI=1S/C14H14F3N3OS2/c1-8(2)11(23-13-20-18-7-22-13)12(21)19-10-6-4-3-5-9(10)14(15,16)17/h3-8,11H,1-2H3,(H,19,21)/t11-/m1/s1. The molecule has 1 N–H and O–H groups in total. The van der Waals surface area contributed by atoms with Gasteiger partial charge in [-0.25, -0.2) is 0 Å². The molecule has 1 heterocycles. The summed E-state index contributed by atoms with van der Waals surface area (Å²) in [6, 6.07) is 4.92. The van der Waals surface area contributed by atoms with E-state index in [9.17, 15) is 18.0 Å². The Morgan fingerprint density at radius 1 is 1.30 bits per heavy atom. The van der Waals surface area contributed by atoms with Gasteiger partial charge < -0.3 is 5.32 Å². The molecule has 124 valence electrons. The first-order chi connectivity index (χ1) is 10.8. The molecule has 9 heteroatoms. The summed E-state index contributed by atoms with van der Waals surface area (Å²) in [7, 11) is 0. The third-order valence-corrected chi connectivity index (χ3v) is 5.28. The summed E-state index contributed by atoms with van der Waals surface area (Å²) in [5.41, 5.74) is 0.432. The average Bonchev–Trinajstić information content (AvgIpc) is 2.96. The number of nitrogens with zero attached hydrogens (tertiary/aromatic N) is 2. The van der Waals surface area contributed by atoms with E-state index in [4.69, 9.17) is 0 Å². The number of thioether (sulfide) groups is 1. The number of carbonyl (C=O) groups is 1. The van der Waals surface area contributed by atoms with Crippen molar-refractivity contribution < 1.29 is 18.0 Å². The van der Waals surface area contributed by atoms with Crippen LogP contribution in [-0.4, -0.2) is 21.4 Å². The molecule has 1 amide bonds. The molecule has 0 aliphatic carbocycles. The van der Waals surface area contributed by atoms with E-state index >= 15 is 0 Å². The minimum Gasteiger partial charge on any atom is -0.325 e. The van der Waals surface area contributed by atoms with Crippen molar-refractivity contribution in [3.8, 4) is 0 Å². The molecule has 0 unspecified atom stereocenters. The number of rotatable bonds is 5. The Kier molecular flexibility index (Phi) is 5.64. The van der Waals surface area contributed by atoms with Crippen molar-refractivity contribution >= 4 is 34.7 Å². The monoisotopic (exact) mass is 361 g/mol. The first kappa shape index (κ1) is 17.7. The van der Waals surface area contributed by atoms with E-state index in [2.05, 4.69) is 15.5 Å². The largest absolute Gasteiger partial charge is 0.418 e. The number of hydrogen-bond donors (Lipinski definition) is 1. The molecule has 1 atom stereocenters. The Morgan fingerprint density at radius 3 is 2.57 bits per heavy atom. The summed E-state index contributed by atoms with van der Waals surface area (Å²) < 4.78 is 39.6. The van der Waals surface area contributed by atoms with Crippen molar-refractivity contribution in [3.05, 3.63) is 35.3 Å². The molecule has 2 rings (SSSR count). The van der Waals surface area contributed by atoms with Crippen molar-refractivity contribution in [3.63, 3.8) is 0 Å². The fourth-order valence-corrected chi connectivity index (χ4v) is 3.55. The average molecular weight is 361 g/mol. The summed E-state index contributed by atoms with van der Waals surface area (Å²) in [6.45, 7) is 3.65. The van der Waals surface area contributed by atoms with Crippen LogP contribution in [0.3, 0.4) is 0 Å². The maximum atomic E-state index is 13.0. The van der Waals surface area contributed by atoms with Gasteiger partial charge in [0.05, 0.1) is 16.5 Å². The summed E-state index contributed by atoms with van der Waals surface area (Å²) in [5, 5.41) is 9.37. The second kappa shape index (κ2) is 7.31. The quantitative estimate of drug-likeness (QED) is 0.806. The zero-order valence-electron chi connectivity index (χ0n) is 12.3. The number of nitrogens with one attached hydrogen (secondary N) is 1. The Labute approximate surface area is 139 Å². The summed E-state index contributed by atoms with van der Waals surface area (Å²) in [6.07, 6.45) is -4.52. The van der Waals surface area contributed by atoms with Gasteiger partial charge in [0.2, 0.25) is 5.91 Å². The number of anilines is 1. The lowest BCUT2D eigenvalue weighted by atomic mass is 10.1. The van der Waals surface area contributed by atoms with Crippen LogP contribution >= 0.6 is 23.1 Å². The second-order valence-corrected chi connectivity index (χ2v) is 7.24. The van der Waals surface area contributed by atoms with Gasteiger partial charge in [-0.05, 0) is 18.1 Å². The highest BCUT2D eigenvalue weighted by atomic mass is 32.2. The lowest BCUT2D eigenvalue weighted by Gasteiger charge is -2.20. The highest BCUT2D eigenvalue weighted by molar-refractivity contribution is 8.02. The molecule has 1 aromatic heterocycles. The molecule has 0 spiro atoms. The van der Waals surface area contributed by atoms with Gasteiger partial charge in [0.25, 0.3) is 0 Å². The maximum Gasteiger partial charge on any atom is 0.418 e. The van der Waals surface area contributed by atoms with Crippen LogP contribution in [0.5, 0.6) is 0 Å². The van der Waals surface area contributed by atoms with Crippen LogP contribution in [0, 0.1) is 5.92 Å². The van der Waals surface area contributed by atoms with Crippen LogP contribution in [0.15, 0.2) is 34.1 Å². The van der Waals surface area contributed by atoms with Gasteiger partial charge in [-0.2, -0.15) is 13.2 Å². The van der Waals surface area contributed by atoms with E-state index in [1.54, 1.807) is 0 Å². The van der Waals surface area contributed by atoms with Crippen LogP contribution in [-0.2, 0) is 11.0 Å². The predicted octanol–water partition coefficient (Wildman–Crippen LogP) is 4.31. The number of carbonyl (C=O) groups excluding carboxylic acids is 1. The number of benzene rings is 1. The highest BCUT2D eigenvalue weighted by Crippen LogP contribution is 2.36. The van der Waals surface area contributed by atoms with E-state index in [0.29, 0.717) is 4.34 Å². The molecule has 0 fully saturated rings. The molecular formula is C14H14F3N3OS2. The Morgan fingerprint density at radius 2 is 2.00 bits per heavy atom. The predicted molar refractivity (Wildman–Crippen MR) is 84.5 cm³/mol. The first-order valence-corrected chi connectivity index (χ1v) is 8.45. The molecule has 2 aromatic rings. The van der Waals surface area contributed by atoms with Gasteiger partial charge in [0.15, 0.2) is 4.34 Å². The van der Waals surface area contributed by atoms with E-state index in [1.807, 2.05) is 13.8 Å². The number of alkyl halides is 3. The van der Waals surface area contributed by atoms with Crippen LogP contribution in [0.2, 0.25) is 0 Å². The lowest BCUT2D eigenvalue weighted by Crippen LogP contribution is -2.30. The molecular weight excluding hydrogens is 347 g/mol. The van der Waals surface area contributed by atoms with E-state index < -0.39 is 22.9 Å². The fraction of sp³-hybridized carbons (Fsp3) is 0.357. The molecule has 1 aromatic carbocycles. The maximum absolute atomic E-state index is 13.0. The molecule has 23 heavy (non-hydrogen) atoms. The van der Waals surface area contributed by atoms with E-state index in [-0.39, 0.29) is 11.6 Å². The van der Waals surface area contributed by atoms with Crippen LogP contribution in [0.25, 0.3) is 0 Å². The Balaban J connectivity index is 2.19. The third kappa shape index (κ3) is 4.68. The number of amides is 1. The van der Waals surface area contributed by atoms with Gasteiger partial charge in [0.1, 0.15) is 5.51 Å². The van der Waals surface area contributed by atoms with Gasteiger partial charge >= 0.3 is 6.18 Å². The molecule has 0 aliphatic rings. The molecule has 0 bridgehead atoms. The zero-order chi connectivity index (χ0) is 17.0. The molecule has 4 nitrogen and oxygen atoms in total. The fourth-order valence-electron chi connectivity index (χ4n) is 1.86. The number of aromatic nitrogens is 2. The minimum atomic E-state index is -4.52. The molecule has 0 aliphatic heterocycles. The topological polar surface area (TPSA) is 54.9 Å². The number of hydrogen-bond acceptors (Lipinski definition) is 5. The van der Waals surface area contributed by atoms with Crippen molar-refractivity contribution in [2.45, 2.75) is 29.6 Å². The van der Waals surface area contributed by atoms with Crippen LogP contribution in [0.4, 0.5) is 18.9 Å². The molecule has 0 saturated heterocycles. The summed E-state index contributed by atoms with van der Waals surface area (Å²) >= 11 is 2.48. The first-order valence-electron chi connectivity index (χ1n) is 6.69. The van der Waals surface area contributed by atoms with E-state index in [1.165, 1.54) is 46.8 Å². The van der Waals surface area contributed by atoms with E-state index in [0.717, 1.165) is 6.07 Å². The molecule has 0 radical (unpaired) electrons. The highest BCUT2D eigenvalue weighted by Gasteiger charge is 2.34.